The second kappa shape index (κ2) is 64.9. The summed E-state index contributed by atoms with van der Waals surface area (Å²) < 4.78 is 5.49. The van der Waals surface area contributed by atoms with Gasteiger partial charge in [0.1, 0.15) is 0 Å². The Balaban J connectivity index is 3.38. The van der Waals surface area contributed by atoms with Gasteiger partial charge in [-0.2, -0.15) is 0 Å². The number of aliphatic hydroxyl groups excluding tert-OH is 2. The highest BCUT2D eigenvalue weighted by molar-refractivity contribution is 5.76. The van der Waals surface area contributed by atoms with E-state index in [4.69, 9.17) is 4.74 Å². The van der Waals surface area contributed by atoms with Crippen molar-refractivity contribution in [3.63, 3.8) is 0 Å². The van der Waals surface area contributed by atoms with Crippen molar-refractivity contribution in [2.45, 2.75) is 392 Å². The highest BCUT2D eigenvalue weighted by Crippen LogP contribution is 2.18. The van der Waals surface area contributed by atoms with Crippen molar-refractivity contribution < 1.29 is 24.5 Å². The van der Waals surface area contributed by atoms with Crippen molar-refractivity contribution in [3.8, 4) is 0 Å². The van der Waals surface area contributed by atoms with Gasteiger partial charge in [-0.3, -0.25) is 9.59 Å². The van der Waals surface area contributed by atoms with Crippen LogP contribution in [0.5, 0.6) is 0 Å². The summed E-state index contributed by atoms with van der Waals surface area (Å²) in [6, 6.07) is -0.627. The van der Waals surface area contributed by atoms with Gasteiger partial charge in [-0.1, -0.05) is 334 Å². The van der Waals surface area contributed by atoms with Crippen LogP contribution in [0.1, 0.15) is 380 Å². The van der Waals surface area contributed by atoms with Crippen LogP contribution in [-0.4, -0.2) is 47.4 Å². The molecule has 0 aromatic carbocycles. The lowest BCUT2D eigenvalue weighted by Gasteiger charge is -2.20. The summed E-state index contributed by atoms with van der Waals surface area (Å²) in [6.07, 6.45) is 81.0. The molecule has 0 aromatic rings. The van der Waals surface area contributed by atoms with Crippen molar-refractivity contribution in [2.24, 2.45) is 0 Å². The summed E-state index contributed by atoms with van der Waals surface area (Å²) >= 11 is 0. The molecule has 0 heterocycles. The van der Waals surface area contributed by atoms with E-state index in [1.165, 1.54) is 308 Å². The summed E-state index contributed by atoms with van der Waals surface area (Å²) in [5, 5.41) is 23.2. The smallest absolute Gasteiger partial charge is 0.305 e. The standard InChI is InChI=1S/C69H133NO5/c1-3-5-7-9-11-13-15-17-19-20-30-34-37-41-45-49-53-57-61-67(72)66(65-71)70-68(73)62-58-54-50-46-42-38-35-31-28-26-24-22-21-23-25-27-29-32-36-40-44-48-52-56-60-64-75-69(74)63-59-55-51-47-43-39-33-18-16-14-12-10-8-6-4-2/h18,33,57,61,66-67,71-72H,3-17,19-32,34-56,58-60,62-65H2,1-2H3,(H,70,73)/b33-18-,61-57+. The summed E-state index contributed by atoms with van der Waals surface area (Å²) in [5.41, 5.74) is 0. The predicted octanol–water partition coefficient (Wildman–Crippen LogP) is 21.8. The van der Waals surface area contributed by atoms with Gasteiger partial charge >= 0.3 is 5.97 Å². The molecule has 2 atom stereocenters. The second-order valence-electron chi connectivity index (χ2n) is 23.5. The van der Waals surface area contributed by atoms with Gasteiger partial charge in [0.25, 0.3) is 0 Å². The van der Waals surface area contributed by atoms with Gasteiger partial charge in [-0.25, -0.2) is 0 Å². The molecule has 6 heteroatoms. The van der Waals surface area contributed by atoms with Crippen LogP contribution in [0.2, 0.25) is 0 Å². The van der Waals surface area contributed by atoms with Gasteiger partial charge in [-0.05, 0) is 57.8 Å². The summed E-state index contributed by atoms with van der Waals surface area (Å²) in [4.78, 5) is 24.6. The third kappa shape index (κ3) is 61.4. The number of carbonyl (C=O) groups is 2. The van der Waals surface area contributed by atoms with Gasteiger partial charge in [0.2, 0.25) is 5.91 Å². The molecule has 0 aliphatic carbocycles. The van der Waals surface area contributed by atoms with Crippen LogP contribution in [0.15, 0.2) is 24.3 Å². The van der Waals surface area contributed by atoms with E-state index < -0.39 is 12.1 Å². The zero-order chi connectivity index (χ0) is 54.3. The quantitative estimate of drug-likeness (QED) is 0.0320. The number of aliphatic hydroxyl groups is 2. The SMILES string of the molecule is CCCCCCCC/C=C\CCCCCCCC(=O)OCCCCCCCCCCCCCCCCCCCCCCCCCCCC(=O)NC(CO)C(O)/C=C/CCCCCCCCCCCCCCCCCC. The zero-order valence-electron chi connectivity index (χ0n) is 50.8. The number of ether oxygens (including phenoxy) is 1. The lowest BCUT2D eigenvalue weighted by atomic mass is 10.0. The largest absolute Gasteiger partial charge is 0.466 e. The van der Waals surface area contributed by atoms with Gasteiger partial charge in [0.05, 0.1) is 25.4 Å². The number of nitrogens with one attached hydrogen (secondary N) is 1. The molecule has 0 spiro atoms. The lowest BCUT2D eigenvalue weighted by Crippen LogP contribution is -2.45. The number of rotatable bonds is 64. The van der Waals surface area contributed by atoms with Crippen LogP contribution in [0.4, 0.5) is 0 Å². The van der Waals surface area contributed by atoms with Gasteiger partial charge in [0.15, 0.2) is 0 Å². The van der Waals surface area contributed by atoms with Crippen LogP contribution >= 0.6 is 0 Å². The van der Waals surface area contributed by atoms with Crippen LogP contribution in [0.25, 0.3) is 0 Å². The first-order valence-corrected chi connectivity index (χ1v) is 34.1. The minimum Gasteiger partial charge on any atom is -0.466 e. The summed E-state index contributed by atoms with van der Waals surface area (Å²) in [7, 11) is 0. The average molecular weight is 1060 g/mol. The number of hydrogen-bond acceptors (Lipinski definition) is 5. The van der Waals surface area contributed by atoms with Crippen LogP contribution in [0.3, 0.4) is 0 Å². The normalized spacial score (nSPS) is 12.6. The maximum atomic E-state index is 12.5. The fourth-order valence-electron chi connectivity index (χ4n) is 10.7. The molecule has 0 rings (SSSR count). The topological polar surface area (TPSA) is 95.9 Å². The van der Waals surface area contributed by atoms with E-state index in [1.54, 1.807) is 6.08 Å². The molecule has 0 aromatic heterocycles. The first-order chi connectivity index (χ1) is 37.0. The predicted molar refractivity (Wildman–Crippen MR) is 329 cm³/mol. The third-order valence-electron chi connectivity index (χ3n) is 16.0. The van der Waals surface area contributed by atoms with Crippen LogP contribution < -0.4 is 5.32 Å². The van der Waals surface area contributed by atoms with Gasteiger partial charge < -0.3 is 20.3 Å². The van der Waals surface area contributed by atoms with Gasteiger partial charge in [0, 0.05) is 12.8 Å². The lowest BCUT2D eigenvalue weighted by molar-refractivity contribution is -0.143. The Morgan fingerprint density at radius 2 is 0.627 bits per heavy atom. The maximum Gasteiger partial charge on any atom is 0.305 e. The molecule has 0 fully saturated rings. The van der Waals surface area contributed by atoms with Crippen molar-refractivity contribution in [2.75, 3.05) is 13.2 Å². The van der Waals surface area contributed by atoms with E-state index in [0.29, 0.717) is 19.4 Å². The molecule has 0 aliphatic heterocycles. The average Bonchev–Trinajstić information content (AvgIpc) is 3.41. The fourth-order valence-corrected chi connectivity index (χ4v) is 10.7. The number of amides is 1. The van der Waals surface area contributed by atoms with E-state index >= 15 is 0 Å². The Bertz CT molecular complexity index is 1170. The van der Waals surface area contributed by atoms with Crippen LogP contribution in [-0.2, 0) is 14.3 Å². The number of allylic oxidation sites excluding steroid dienone is 3. The minimum absolute atomic E-state index is 0.00865. The molecule has 1 amide bonds. The first-order valence-electron chi connectivity index (χ1n) is 34.1. The number of esters is 1. The monoisotopic (exact) mass is 1060 g/mol. The molecule has 3 N–H and O–H groups in total. The van der Waals surface area contributed by atoms with E-state index in [-0.39, 0.29) is 18.5 Å². The van der Waals surface area contributed by atoms with E-state index in [1.807, 2.05) is 6.08 Å². The highest BCUT2D eigenvalue weighted by Gasteiger charge is 2.18. The Kier molecular flexibility index (Phi) is 63.4. The van der Waals surface area contributed by atoms with Crippen molar-refractivity contribution >= 4 is 11.9 Å². The molecule has 6 nitrogen and oxygen atoms in total. The Labute approximate surface area is 469 Å². The summed E-state index contributed by atoms with van der Waals surface area (Å²) in [6.45, 7) is 4.93. The third-order valence-corrected chi connectivity index (χ3v) is 16.0. The maximum absolute atomic E-state index is 12.5. The molecule has 0 bridgehead atoms. The minimum atomic E-state index is -0.843. The first kappa shape index (κ1) is 73.3. The van der Waals surface area contributed by atoms with Crippen molar-refractivity contribution in [1.29, 1.82) is 0 Å². The molecule has 0 radical (unpaired) electrons. The Hall–Kier alpha value is -1.66. The molecular weight excluding hydrogens is 923 g/mol. The van der Waals surface area contributed by atoms with E-state index in [2.05, 4.69) is 31.3 Å². The molecule has 444 valence electrons. The molecule has 0 aliphatic rings. The van der Waals surface area contributed by atoms with Crippen molar-refractivity contribution in [1.82, 2.24) is 5.32 Å². The fraction of sp³-hybridized carbons (Fsp3) is 0.913. The Morgan fingerprint density at radius 3 is 0.947 bits per heavy atom. The summed E-state index contributed by atoms with van der Waals surface area (Å²) in [5.74, 6) is -0.0544. The number of carbonyl (C=O) groups excluding carboxylic acids is 2. The van der Waals surface area contributed by atoms with E-state index in [0.717, 1.165) is 44.9 Å². The molecule has 0 saturated heterocycles. The van der Waals surface area contributed by atoms with Crippen molar-refractivity contribution in [3.05, 3.63) is 24.3 Å². The highest BCUT2D eigenvalue weighted by atomic mass is 16.5. The zero-order valence-corrected chi connectivity index (χ0v) is 50.8. The molecule has 75 heavy (non-hydrogen) atoms. The molecule has 2 unspecified atom stereocenters. The second-order valence-corrected chi connectivity index (χ2v) is 23.5. The Morgan fingerprint density at radius 1 is 0.360 bits per heavy atom. The number of hydrogen-bond donors (Lipinski definition) is 3. The molecule has 0 saturated carbocycles. The van der Waals surface area contributed by atoms with Gasteiger partial charge in [-0.15, -0.1) is 0 Å². The van der Waals surface area contributed by atoms with Crippen LogP contribution in [0, 0.1) is 0 Å². The number of unbranched alkanes of at least 4 members (excludes halogenated alkanes) is 51. The molecular formula is C69H133NO5. The van der Waals surface area contributed by atoms with E-state index in [9.17, 15) is 19.8 Å².